The van der Waals surface area contributed by atoms with E-state index in [2.05, 4.69) is 25.2 Å². The van der Waals surface area contributed by atoms with Gasteiger partial charge in [0.2, 0.25) is 0 Å². The largest absolute Gasteiger partial charge is 0.392 e. The molecule has 0 saturated carbocycles. The summed E-state index contributed by atoms with van der Waals surface area (Å²) in [5.41, 5.74) is 2.12. The van der Waals surface area contributed by atoms with Crippen LogP contribution in [0.3, 0.4) is 0 Å². The number of hydrogen-bond donors (Lipinski definition) is 2. The molecule has 14 heavy (non-hydrogen) atoms. The fourth-order valence-electron chi connectivity index (χ4n) is 1.54. The lowest BCUT2D eigenvalue weighted by atomic mass is 10.1. The number of fused-ring (bicyclic) bond motifs is 1. The van der Waals surface area contributed by atoms with Crippen LogP contribution in [0.15, 0.2) is 23.1 Å². The minimum Gasteiger partial charge on any atom is -0.392 e. The van der Waals surface area contributed by atoms with Gasteiger partial charge in [-0.3, -0.25) is 0 Å². The van der Waals surface area contributed by atoms with Crippen molar-refractivity contribution < 1.29 is 5.11 Å². The van der Waals surface area contributed by atoms with Gasteiger partial charge in [-0.25, -0.2) is 0 Å². The van der Waals surface area contributed by atoms with Crippen LogP contribution in [0, 0.1) is 0 Å². The molecule has 2 nitrogen and oxygen atoms in total. The summed E-state index contributed by atoms with van der Waals surface area (Å²) in [5.74, 6) is 0. The SMILES string of the molecule is CC1(C)CNc2cc(CO)ccc2S1. The fraction of sp³-hybridized carbons (Fsp3) is 0.455. The first kappa shape index (κ1) is 9.87. The predicted molar refractivity (Wildman–Crippen MR) is 60.8 cm³/mol. The van der Waals surface area contributed by atoms with E-state index in [4.69, 9.17) is 5.11 Å². The summed E-state index contributed by atoms with van der Waals surface area (Å²) in [5, 5.41) is 12.4. The maximum absolute atomic E-state index is 9.01. The van der Waals surface area contributed by atoms with Crippen molar-refractivity contribution in [2.45, 2.75) is 30.1 Å². The molecule has 0 amide bonds. The number of anilines is 1. The van der Waals surface area contributed by atoms with Crippen LogP contribution >= 0.6 is 11.8 Å². The molecule has 0 saturated heterocycles. The van der Waals surface area contributed by atoms with Crippen LogP contribution in [0.2, 0.25) is 0 Å². The lowest BCUT2D eigenvalue weighted by Gasteiger charge is -2.31. The van der Waals surface area contributed by atoms with Crippen LogP contribution in [-0.4, -0.2) is 16.4 Å². The van der Waals surface area contributed by atoms with Crippen LogP contribution in [0.5, 0.6) is 0 Å². The Morgan fingerprint density at radius 1 is 1.50 bits per heavy atom. The van der Waals surface area contributed by atoms with Gasteiger partial charge in [0.05, 0.1) is 6.61 Å². The Morgan fingerprint density at radius 2 is 2.29 bits per heavy atom. The first-order valence-electron chi connectivity index (χ1n) is 4.77. The molecule has 76 valence electrons. The maximum atomic E-state index is 9.01. The van der Waals surface area contributed by atoms with Crippen molar-refractivity contribution in [1.82, 2.24) is 0 Å². The van der Waals surface area contributed by atoms with Crippen LogP contribution < -0.4 is 5.32 Å². The average molecular weight is 209 g/mol. The first-order valence-corrected chi connectivity index (χ1v) is 5.59. The Bertz CT molecular complexity index is 349. The van der Waals surface area contributed by atoms with E-state index >= 15 is 0 Å². The summed E-state index contributed by atoms with van der Waals surface area (Å²) >= 11 is 1.89. The number of aliphatic hydroxyl groups excluding tert-OH is 1. The minimum atomic E-state index is 0.114. The van der Waals surface area contributed by atoms with Crippen molar-refractivity contribution in [2.75, 3.05) is 11.9 Å². The molecule has 0 atom stereocenters. The Kier molecular flexibility index (Phi) is 2.45. The molecular weight excluding hydrogens is 194 g/mol. The van der Waals surface area contributed by atoms with Crippen LogP contribution in [-0.2, 0) is 6.61 Å². The van der Waals surface area contributed by atoms with Gasteiger partial charge >= 0.3 is 0 Å². The molecule has 0 radical (unpaired) electrons. The predicted octanol–water partition coefficient (Wildman–Crippen LogP) is 2.48. The van der Waals surface area contributed by atoms with E-state index in [1.807, 2.05) is 23.9 Å². The van der Waals surface area contributed by atoms with Gasteiger partial charge in [-0.2, -0.15) is 0 Å². The normalized spacial score (nSPS) is 18.5. The van der Waals surface area contributed by atoms with Crippen molar-refractivity contribution >= 4 is 17.4 Å². The zero-order chi connectivity index (χ0) is 10.2. The summed E-state index contributed by atoms with van der Waals surface area (Å²) < 4.78 is 0.258. The van der Waals surface area contributed by atoms with Crippen molar-refractivity contribution in [3.05, 3.63) is 23.8 Å². The maximum Gasteiger partial charge on any atom is 0.0682 e. The molecule has 2 N–H and O–H groups in total. The highest BCUT2D eigenvalue weighted by atomic mass is 32.2. The number of benzene rings is 1. The zero-order valence-corrected chi connectivity index (χ0v) is 9.32. The van der Waals surface area contributed by atoms with E-state index in [0.29, 0.717) is 0 Å². The third kappa shape index (κ3) is 1.88. The summed E-state index contributed by atoms with van der Waals surface area (Å²) in [6.45, 7) is 5.55. The average Bonchev–Trinajstić information content (AvgIpc) is 2.16. The van der Waals surface area contributed by atoms with Gasteiger partial charge in [-0.05, 0) is 31.5 Å². The van der Waals surface area contributed by atoms with Gasteiger partial charge in [0.15, 0.2) is 0 Å². The van der Waals surface area contributed by atoms with E-state index in [9.17, 15) is 0 Å². The van der Waals surface area contributed by atoms with E-state index in [1.54, 1.807) is 0 Å². The summed E-state index contributed by atoms with van der Waals surface area (Å²) in [4.78, 5) is 1.28. The molecule has 0 fully saturated rings. The smallest absolute Gasteiger partial charge is 0.0682 e. The third-order valence-corrected chi connectivity index (χ3v) is 3.59. The number of nitrogens with one attached hydrogen (secondary N) is 1. The molecule has 1 aliphatic heterocycles. The highest BCUT2D eigenvalue weighted by Crippen LogP contribution is 2.41. The molecule has 3 heteroatoms. The Hall–Kier alpha value is -0.670. The van der Waals surface area contributed by atoms with Gasteiger partial charge in [0, 0.05) is 21.9 Å². The second kappa shape index (κ2) is 3.48. The van der Waals surface area contributed by atoms with Gasteiger partial charge in [0.1, 0.15) is 0 Å². The molecule has 0 bridgehead atoms. The van der Waals surface area contributed by atoms with Gasteiger partial charge in [0.25, 0.3) is 0 Å². The molecule has 2 rings (SSSR count). The molecule has 1 aromatic carbocycles. The standard InChI is InChI=1S/C11H15NOS/c1-11(2)7-12-9-5-8(6-13)3-4-10(9)14-11/h3-5,12-13H,6-7H2,1-2H3. The fourth-order valence-corrected chi connectivity index (χ4v) is 2.66. The van der Waals surface area contributed by atoms with Crippen molar-refractivity contribution in [3.63, 3.8) is 0 Å². The first-order chi connectivity index (χ1) is 6.61. The molecule has 0 spiro atoms. The molecule has 1 aromatic rings. The lowest BCUT2D eigenvalue weighted by Crippen LogP contribution is -2.29. The second-order valence-corrected chi connectivity index (χ2v) is 5.95. The third-order valence-electron chi connectivity index (χ3n) is 2.32. The van der Waals surface area contributed by atoms with E-state index in [1.165, 1.54) is 4.90 Å². The van der Waals surface area contributed by atoms with Gasteiger partial charge in [-0.1, -0.05) is 6.07 Å². The van der Waals surface area contributed by atoms with Crippen molar-refractivity contribution in [1.29, 1.82) is 0 Å². The monoisotopic (exact) mass is 209 g/mol. The summed E-state index contributed by atoms with van der Waals surface area (Å²) in [6.07, 6.45) is 0. The van der Waals surface area contributed by atoms with Crippen molar-refractivity contribution in [2.24, 2.45) is 0 Å². The number of hydrogen-bond acceptors (Lipinski definition) is 3. The van der Waals surface area contributed by atoms with Crippen LogP contribution in [0.25, 0.3) is 0 Å². The minimum absolute atomic E-state index is 0.114. The van der Waals surface area contributed by atoms with E-state index in [0.717, 1.165) is 17.8 Å². The zero-order valence-electron chi connectivity index (χ0n) is 8.50. The van der Waals surface area contributed by atoms with Gasteiger partial charge in [-0.15, -0.1) is 11.8 Å². The summed E-state index contributed by atoms with van der Waals surface area (Å²) in [7, 11) is 0. The Labute approximate surface area is 88.7 Å². The van der Waals surface area contributed by atoms with E-state index in [-0.39, 0.29) is 11.4 Å². The topological polar surface area (TPSA) is 32.3 Å². The molecular formula is C11H15NOS. The van der Waals surface area contributed by atoms with Crippen molar-refractivity contribution in [3.8, 4) is 0 Å². The highest BCUT2D eigenvalue weighted by Gasteiger charge is 2.25. The molecule has 1 heterocycles. The van der Waals surface area contributed by atoms with Crippen LogP contribution in [0.1, 0.15) is 19.4 Å². The lowest BCUT2D eigenvalue weighted by molar-refractivity contribution is 0.282. The number of thioether (sulfide) groups is 1. The number of aliphatic hydroxyl groups is 1. The highest BCUT2D eigenvalue weighted by molar-refractivity contribution is 8.00. The van der Waals surface area contributed by atoms with Gasteiger partial charge < -0.3 is 10.4 Å². The Balaban J connectivity index is 2.32. The second-order valence-electron chi connectivity index (χ2n) is 4.20. The number of rotatable bonds is 1. The Morgan fingerprint density at radius 3 is 3.00 bits per heavy atom. The molecule has 0 aliphatic carbocycles. The quantitative estimate of drug-likeness (QED) is 0.745. The van der Waals surface area contributed by atoms with E-state index < -0.39 is 0 Å². The van der Waals surface area contributed by atoms with Crippen LogP contribution in [0.4, 0.5) is 5.69 Å². The molecule has 1 aliphatic rings. The molecule has 0 unspecified atom stereocenters. The molecule has 0 aromatic heterocycles. The summed E-state index contributed by atoms with van der Waals surface area (Å²) in [6, 6.07) is 6.09.